The number of benzene rings is 1. The molecule has 0 unspecified atom stereocenters. The minimum Gasteiger partial charge on any atom is -0.480 e. The van der Waals surface area contributed by atoms with E-state index in [0.29, 0.717) is 19.1 Å². The second kappa shape index (κ2) is 7.00. The number of carboxylic acid groups (broad SMARTS) is 1. The molecule has 1 aliphatic heterocycles. The van der Waals surface area contributed by atoms with Crippen molar-refractivity contribution in [2.45, 2.75) is 25.3 Å². The third kappa shape index (κ3) is 3.82. The van der Waals surface area contributed by atoms with Gasteiger partial charge in [-0.3, -0.25) is 9.69 Å². The minimum atomic E-state index is -1.02. The number of carbonyl (C=O) groups is 2. The van der Waals surface area contributed by atoms with Gasteiger partial charge in [-0.15, -0.1) is 0 Å². The summed E-state index contributed by atoms with van der Waals surface area (Å²) in [6, 6.07) is 8.92. The Morgan fingerprint density at radius 1 is 1.13 bits per heavy atom. The van der Waals surface area contributed by atoms with Crippen LogP contribution in [0.1, 0.15) is 17.5 Å². The number of rotatable bonds is 3. The number of amides is 2. The van der Waals surface area contributed by atoms with E-state index in [4.69, 9.17) is 5.11 Å². The summed E-state index contributed by atoms with van der Waals surface area (Å²) in [7, 11) is 0. The first kappa shape index (κ1) is 15.8. The highest BCUT2D eigenvalue weighted by Gasteiger charge is 2.28. The van der Waals surface area contributed by atoms with Crippen molar-refractivity contribution in [1.82, 2.24) is 15.1 Å². The van der Waals surface area contributed by atoms with Crippen molar-refractivity contribution in [3.8, 4) is 0 Å². The van der Waals surface area contributed by atoms with Gasteiger partial charge in [0.05, 0.1) is 0 Å². The lowest BCUT2D eigenvalue weighted by Gasteiger charge is -2.41. The van der Waals surface area contributed by atoms with Crippen molar-refractivity contribution < 1.29 is 14.7 Å². The topological polar surface area (TPSA) is 72.9 Å². The van der Waals surface area contributed by atoms with Gasteiger partial charge in [0.15, 0.2) is 0 Å². The molecule has 1 atom stereocenters. The Hall–Kier alpha value is -2.08. The van der Waals surface area contributed by atoms with E-state index < -0.39 is 5.97 Å². The van der Waals surface area contributed by atoms with Gasteiger partial charge in [0.1, 0.15) is 6.54 Å². The number of hydrogen-bond donors (Lipinski definition) is 2. The lowest BCUT2D eigenvalue weighted by molar-refractivity contribution is -0.135. The molecule has 2 amide bonds. The van der Waals surface area contributed by atoms with Crippen LogP contribution in [0, 0.1) is 0 Å². The third-order valence-electron chi connectivity index (χ3n) is 4.83. The van der Waals surface area contributed by atoms with E-state index in [0.717, 1.165) is 25.9 Å². The van der Waals surface area contributed by atoms with Crippen LogP contribution in [-0.4, -0.2) is 65.7 Å². The summed E-state index contributed by atoms with van der Waals surface area (Å²) in [6.45, 7) is 2.70. The molecule has 6 nitrogen and oxygen atoms in total. The Bertz CT molecular complexity index is 582. The molecule has 0 aromatic heterocycles. The fraction of sp³-hybridized carbons (Fsp3) is 0.529. The van der Waals surface area contributed by atoms with E-state index in [9.17, 15) is 9.59 Å². The van der Waals surface area contributed by atoms with Gasteiger partial charge >= 0.3 is 12.0 Å². The smallest absolute Gasteiger partial charge is 0.323 e. The summed E-state index contributed by atoms with van der Waals surface area (Å²) in [5.74, 6) is -1.02. The van der Waals surface area contributed by atoms with Gasteiger partial charge in [0, 0.05) is 32.2 Å². The van der Waals surface area contributed by atoms with Gasteiger partial charge in [-0.25, -0.2) is 4.79 Å². The molecule has 2 aliphatic rings. The number of carbonyl (C=O) groups excluding carboxylic acids is 1. The second-order valence-electron chi connectivity index (χ2n) is 6.24. The number of nitrogens with zero attached hydrogens (tertiary/aromatic N) is 2. The standard InChI is InChI=1S/C17H23N3O3/c21-16(22)12-18-17(23)20-9-7-19(8-10-20)15-6-5-13-3-1-2-4-14(13)11-15/h1-4,15H,5-12H2,(H,18,23)(H,21,22)/t15-/m1/s1. The number of aryl methyl sites for hydroxylation is 1. The van der Waals surface area contributed by atoms with Crippen molar-refractivity contribution >= 4 is 12.0 Å². The maximum absolute atomic E-state index is 11.9. The van der Waals surface area contributed by atoms with Gasteiger partial charge in [-0.2, -0.15) is 0 Å². The summed E-state index contributed by atoms with van der Waals surface area (Å²) in [4.78, 5) is 26.6. The fourth-order valence-electron chi connectivity index (χ4n) is 3.54. The highest BCUT2D eigenvalue weighted by molar-refractivity contribution is 5.80. The number of urea groups is 1. The first-order chi connectivity index (χ1) is 11.1. The van der Waals surface area contributed by atoms with Crippen LogP contribution in [0.3, 0.4) is 0 Å². The van der Waals surface area contributed by atoms with Crippen molar-refractivity contribution in [3.05, 3.63) is 35.4 Å². The van der Waals surface area contributed by atoms with Crippen LogP contribution in [0.15, 0.2) is 24.3 Å². The number of aliphatic carboxylic acids is 1. The van der Waals surface area contributed by atoms with E-state index in [1.807, 2.05) is 0 Å². The first-order valence-corrected chi connectivity index (χ1v) is 8.19. The molecule has 1 saturated heterocycles. The summed E-state index contributed by atoms with van der Waals surface area (Å²) in [5, 5.41) is 11.0. The number of carboxylic acids is 1. The average Bonchev–Trinajstić information content (AvgIpc) is 2.59. The molecule has 0 bridgehead atoms. The Labute approximate surface area is 136 Å². The Kier molecular flexibility index (Phi) is 4.81. The van der Waals surface area contributed by atoms with Gasteiger partial charge in [-0.1, -0.05) is 24.3 Å². The average molecular weight is 317 g/mol. The van der Waals surface area contributed by atoms with Gasteiger partial charge < -0.3 is 15.3 Å². The van der Waals surface area contributed by atoms with Gasteiger partial charge in [0.25, 0.3) is 0 Å². The molecular formula is C17H23N3O3. The molecule has 1 aromatic carbocycles. The molecule has 6 heteroatoms. The first-order valence-electron chi connectivity index (χ1n) is 8.19. The zero-order valence-electron chi connectivity index (χ0n) is 13.2. The lowest BCUT2D eigenvalue weighted by Crippen LogP contribution is -2.55. The van der Waals surface area contributed by atoms with E-state index >= 15 is 0 Å². The quantitative estimate of drug-likeness (QED) is 0.871. The molecule has 1 heterocycles. The summed E-state index contributed by atoms with van der Waals surface area (Å²) < 4.78 is 0. The zero-order chi connectivity index (χ0) is 16.2. The maximum atomic E-state index is 11.9. The van der Waals surface area contributed by atoms with Crippen LogP contribution in [-0.2, 0) is 17.6 Å². The third-order valence-corrected chi connectivity index (χ3v) is 4.83. The summed E-state index contributed by atoms with van der Waals surface area (Å²) in [5.41, 5.74) is 2.92. The van der Waals surface area contributed by atoms with Crippen LogP contribution >= 0.6 is 0 Å². The normalized spacial score (nSPS) is 21.6. The van der Waals surface area contributed by atoms with Crippen molar-refractivity contribution in [1.29, 1.82) is 0 Å². The van der Waals surface area contributed by atoms with Crippen LogP contribution in [0.2, 0.25) is 0 Å². The monoisotopic (exact) mass is 317 g/mol. The van der Waals surface area contributed by atoms with Crippen molar-refractivity contribution in [2.75, 3.05) is 32.7 Å². The highest BCUT2D eigenvalue weighted by atomic mass is 16.4. The predicted molar refractivity (Wildman–Crippen MR) is 86.4 cm³/mol. The lowest BCUT2D eigenvalue weighted by atomic mass is 9.87. The molecule has 0 saturated carbocycles. The van der Waals surface area contributed by atoms with Crippen LogP contribution in [0.25, 0.3) is 0 Å². The molecule has 124 valence electrons. The number of fused-ring (bicyclic) bond motifs is 1. The Morgan fingerprint density at radius 3 is 2.52 bits per heavy atom. The fourth-order valence-corrected chi connectivity index (χ4v) is 3.54. The van der Waals surface area contributed by atoms with Crippen molar-refractivity contribution in [3.63, 3.8) is 0 Å². The van der Waals surface area contributed by atoms with Crippen molar-refractivity contribution in [2.24, 2.45) is 0 Å². The van der Waals surface area contributed by atoms with E-state index in [1.54, 1.807) is 4.90 Å². The van der Waals surface area contributed by atoms with E-state index in [-0.39, 0.29) is 12.6 Å². The van der Waals surface area contributed by atoms with Gasteiger partial charge in [-0.05, 0) is 30.4 Å². The highest BCUT2D eigenvalue weighted by Crippen LogP contribution is 2.25. The Balaban J connectivity index is 1.50. The minimum absolute atomic E-state index is 0.277. The second-order valence-corrected chi connectivity index (χ2v) is 6.24. The molecule has 3 rings (SSSR count). The molecule has 1 aromatic rings. The van der Waals surface area contributed by atoms with Gasteiger partial charge in [0.2, 0.25) is 0 Å². The van der Waals surface area contributed by atoms with E-state index in [1.165, 1.54) is 17.5 Å². The SMILES string of the molecule is O=C(O)CNC(=O)N1CCN([C@@H]2CCc3ccccc3C2)CC1. The molecule has 0 spiro atoms. The number of hydrogen-bond acceptors (Lipinski definition) is 3. The molecule has 0 radical (unpaired) electrons. The largest absolute Gasteiger partial charge is 0.480 e. The summed E-state index contributed by atoms with van der Waals surface area (Å²) >= 11 is 0. The molecule has 2 N–H and O–H groups in total. The molecule has 1 aliphatic carbocycles. The predicted octanol–water partition coefficient (Wildman–Crippen LogP) is 0.956. The van der Waals surface area contributed by atoms with Crippen LogP contribution < -0.4 is 5.32 Å². The number of piperazine rings is 1. The van der Waals surface area contributed by atoms with Crippen LogP contribution in [0.5, 0.6) is 0 Å². The summed E-state index contributed by atoms with van der Waals surface area (Å²) in [6.07, 6.45) is 3.38. The molecule has 23 heavy (non-hydrogen) atoms. The maximum Gasteiger partial charge on any atom is 0.323 e. The zero-order valence-corrected chi connectivity index (χ0v) is 13.2. The Morgan fingerprint density at radius 2 is 1.83 bits per heavy atom. The van der Waals surface area contributed by atoms with E-state index in [2.05, 4.69) is 34.5 Å². The molecule has 1 fully saturated rings. The number of nitrogens with one attached hydrogen (secondary N) is 1. The van der Waals surface area contributed by atoms with Crippen LogP contribution in [0.4, 0.5) is 4.79 Å². The molecular weight excluding hydrogens is 294 g/mol.